The summed E-state index contributed by atoms with van der Waals surface area (Å²) in [5, 5.41) is 9.20. The molecule has 0 bridgehead atoms. The summed E-state index contributed by atoms with van der Waals surface area (Å²) in [5.41, 5.74) is 0. The Morgan fingerprint density at radius 2 is 2.27 bits per heavy atom. The van der Waals surface area contributed by atoms with Gasteiger partial charge in [0, 0.05) is 24.4 Å². The van der Waals surface area contributed by atoms with Gasteiger partial charge in [-0.25, -0.2) is 0 Å². The highest BCUT2D eigenvalue weighted by atomic mass is 16.3. The number of nitrogens with zero attached hydrogens (tertiary/aromatic N) is 1. The lowest BCUT2D eigenvalue weighted by Gasteiger charge is -2.32. The number of carbonyl (C=O) groups excluding carboxylic acids is 1. The number of aliphatic hydroxyl groups is 1. The van der Waals surface area contributed by atoms with E-state index >= 15 is 0 Å². The SMILES string of the molecule is CC(CO)N1CCCC1C1CCCC1=O. The lowest BCUT2D eigenvalue weighted by molar-refractivity contribution is -0.122. The van der Waals surface area contributed by atoms with Crippen LogP contribution in [-0.2, 0) is 4.79 Å². The smallest absolute Gasteiger partial charge is 0.137 e. The monoisotopic (exact) mass is 211 g/mol. The maximum atomic E-state index is 11.7. The van der Waals surface area contributed by atoms with Gasteiger partial charge in [-0.1, -0.05) is 0 Å². The first-order valence-corrected chi connectivity index (χ1v) is 6.13. The molecule has 86 valence electrons. The van der Waals surface area contributed by atoms with E-state index in [1.165, 1.54) is 6.42 Å². The van der Waals surface area contributed by atoms with Gasteiger partial charge in [0.15, 0.2) is 0 Å². The van der Waals surface area contributed by atoms with E-state index in [-0.39, 0.29) is 18.6 Å². The molecule has 3 unspecified atom stereocenters. The fraction of sp³-hybridized carbons (Fsp3) is 0.917. The van der Waals surface area contributed by atoms with Crippen molar-refractivity contribution >= 4 is 5.78 Å². The van der Waals surface area contributed by atoms with E-state index < -0.39 is 0 Å². The topological polar surface area (TPSA) is 40.5 Å². The van der Waals surface area contributed by atoms with Crippen molar-refractivity contribution in [2.75, 3.05) is 13.2 Å². The molecular formula is C12H21NO2. The first-order valence-electron chi connectivity index (χ1n) is 6.13. The van der Waals surface area contributed by atoms with Crippen molar-refractivity contribution in [3.63, 3.8) is 0 Å². The summed E-state index contributed by atoms with van der Waals surface area (Å²) >= 11 is 0. The van der Waals surface area contributed by atoms with E-state index in [9.17, 15) is 9.90 Å². The number of hydrogen-bond acceptors (Lipinski definition) is 3. The molecule has 0 aromatic carbocycles. The van der Waals surface area contributed by atoms with Crippen molar-refractivity contribution in [3.05, 3.63) is 0 Å². The predicted octanol–water partition coefficient (Wildman–Crippen LogP) is 1.20. The number of rotatable bonds is 3. The van der Waals surface area contributed by atoms with Crippen LogP contribution in [0.5, 0.6) is 0 Å². The summed E-state index contributed by atoms with van der Waals surface area (Å²) in [6.45, 7) is 3.31. The lowest BCUT2D eigenvalue weighted by Crippen LogP contribution is -2.44. The first-order chi connectivity index (χ1) is 7.24. The standard InChI is InChI=1S/C12H21NO2/c1-9(8-14)13-7-3-5-11(13)10-4-2-6-12(10)15/h9-11,14H,2-8H2,1H3. The minimum Gasteiger partial charge on any atom is -0.395 e. The maximum absolute atomic E-state index is 11.7. The van der Waals surface area contributed by atoms with Gasteiger partial charge >= 0.3 is 0 Å². The average Bonchev–Trinajstić information content (AvgIpc) is 2.84. The molecule has 3 atom stereocenters. The fourth-order valence-corrected chi connectivity index (χ4v) is 3.15. The minimum absolute atomic E-state index is 0.206. The molecule has 0 amide bonds. The van der Waals surface area contributed by atoms with Crippen LogP contribution in [0.2, 0.25) is 0 Å². The Morgan fingerprint density at radius 3 is 2.87 bits per heavy atom. The van der Waals surface area contributed by atoms with Crippen LogP contribution in [0.1, 0.15) is 39.0 Å². The van der Waals surface area contributed by atoms with Crippen molar-refractivity contribution < 1.29 is 9.90 Å². The molecule has 0 radical (unpaired) electrons. The van der Waals surface area contributed by atoms with E-state index in [0.29, 0.717) is 11.8 Å². The molecule has 1 aliphatic carbocycles. The van der Waals surface area contributed by atoms with Crippen molar-refractivity contribution in [2.24, 2.45) is 5.92 Å². The van der Waals surface area contributed by atoms with Crippen LogP contribution in [0.25, 0.3) is 0 Å². The zero-order chi connectivity index (χ0) is 10.8. The second-order valence-corrected chi connectivity index (χ2v) is 4.94. The minimum atomic E-state index is 0.206. The molecule has 1 N–H and O–H groups in total. The lowest BCUT2D eigenvalue weighted by atomic mass is 9.94. The van der Waals surface area contributed by atoms with Gasteiger partial charge in [0.2, 0.25) is 0 Å². The highest BCUT2D eigenvalue weighted by Crippen LogP contribution is 2.34. The van der Waals surface area contributed by atoms with Crippen LogP contribution in [0.4, 0.5) is 0 Å². The summed E-state index contributed by atoms with van der Waals surface area (Å²) in [5.74, 6) is 0.721. The van der Waals surface area contributed by atoms with Crippen molar-refractivity contribution in [3.8, 4) is 0 Å². The normalized spacial score (nSPS) is 34.9. The Hall–Kier alpha value is -0.410. The summed E-state index contributed by atoms with van der Waals surface area (Å²) in [6, 6.07) is 0.632. The Balaban J connectivity index is 2.03. The van der Waals surface area contributed by atoms with Crippen molar-refractivity contribution in [1.29, 1.82) is 0 Å². The molecule has 2 fully saturated rings. The number of hydrogen-bond donors (Lipinski definition) is 1. The van der Waals surface area contributed by atoms with Gasteiger partial charge in [0.1, 0.15) is 5.78 Å². The quantitative estimate of drug-likeness (QED) is 0.762. The first kappa shape index (κ1) is 11.1. The zero-order valence-electron chi connectivity index (χ0n) is 9.48. The van der Waals surface area contributed by atoms with Crippen LogP contribution in [0, 0.1) is 5.92 Å². The molecule has 0 spiro atoms. The van der Waals surface area contributed by atoms with Crippen LogP contribution >= 0.6 is 0 Å². The van der Waals surface area contributed by atoms with Gasteiger partial charge in [0.05, 0.1) is 6.61 Å². The van der Waals surface area contributed by atoms with Crippen LogP contribution in [-0.4, -0.2) is 41.0 Å². The second-order valence-electron chi connectivity index (χ2n) is 4.94. The summed E-state index contributed by atoms with van der Waals surface area (Å²) in [7, 11) is 0. The third kappa shape index (κ3) is 2.08. The Labute approximate surface area is 91.5 Å². The maximum Gasteiger partial charge on any atom is 0.137 e. The largest absolute Gasteiger partial charge is 0.395 e. The van der Waals surface area contributed by atoms with Gasteiger partial charge in [0.25, 0.3) is 0 Å². The van der Waals surface area contributed by atoms with E-state index in [1.807, 2.05) is 0 Å². The van der Waals surface area contributed by atoms with Gasteiger partial charge in [-0.3, -0.25) is 9.69 Å². The second kappa shape index (κ2) is 4.62. The number of ketones is 1. The molecule has 3 heteroatoms. The summed E-state index contributed by atoms with van der Waals surface area (Å²) in [6.07, 6.45) is 5.24. The third-order valence-corrected chi connectivity index (χ3v) is 3.99. The van der Waals surface area contributed by atoms with E-state index in [1.54, 1.807) is 0 Å². The van der Waals surface area contributed by atoms with Crippen molar-refractivity contribution in [1.82, 2.24) is 4.90 Å². The molecule has 0 aromatic rings. The van der Waals surface area contributed by atoms with Gasteiger partial charge in [-0.05, 0) is 39.2 Å². The van der Waals surface area contributed by atoms with E-state index in [2.05, 4.69) is 11.8 Å². The van der Waals surface area contributed by atoms with Gasteiger partial charge in [-0.15, -0.1) is 0 Å². The highest BCUT2D eigenvalue weighted by Gasteiger charge is 2.39. The average molecular weight is 211 g/mol. The molecule has 3 nitrogen and oxygen atoms in total. The summed E-state index contributed by atoms with van der Waals surface area (Å²) in [4.78, 5) is 14.1. The summed E-state index contributed by atoms with van der Waals surface area (Å²) < 4.78 is 0. The Kier molecular flexibility index (Phi) is 3.42. The fourth-order valence-electron chi connectivity index (χ4n) is 3.15. The van der Waals surface area contributed by atoms with E-state index in [0.717, 1.165) is 32.2 Å². The molecule has 15 heavy (non-hydrogen) atoms. The molecule has 1 heterocycles. The Morgan fingerprint density at radius 1 is 1.47 bits per heavy atom. The predicted molar refractivity (Wildman–Crippen MR) is 58.6 cm³/mol. The van der Waals surface area contributed by atoms with Crippen LogP contribution in [0.15, 0.2) is 0 Å². The van der Waals surface area contributed by atoms with E-state index in [4.69, 9.17) is 0 Å². The highest BCUT2D eigenvalue weighted by molar-refractivity contribution is 5.83. The molecule has 0 aromatic heterocycles. The number of carbonyl (C=O) groups is 1. The van der Waals surface area contributed by atoms with Gasteiger partial charge in [-0.2, -0.15) is 0 Å². The number of aliphatic hydroxyl groups excluding tert-OH is 1. The number of Topliss-reactive ketones (excluding diaryl/α,β-unsaturated/α-hetero) is 1. The molecule has 1 aliphatic heterocycles. The molecule has 1 saturated carbocycles. The van der Waals surface area contributed by atoms with Gasteiger partial charge < -0.3 is 5.11 Å². The Bertz CT molecular complexity index is 242. The molecule has 1 saturated heterocycles. The van der Waals surface area contributed by atoms with Crippen LogP contribution < -0.4 is 0 Å². The van der Waals surface area contributed by atoms with Crippen LogP contribution in [0.3, 0.4) is 0 Å². The molecular weight excluding hydrogens is 190 g/mol. The third-order valence-electron chi connectivity index (χ3n) is 3.99. The number of likely N-dealkylation sites (tertiary alicyclic amines) is 1. The van der Waals surface area contributed by atoms with Crippen molar-refractivity contribution in [2.45, 2.75) is 51.1 Å². The molecule has 2 rings (SSSR count). The molecule has 2 aliphatic rings. The zero-order valence-corrected chi connectivity index (χ0v) is 9.48.